The van der Waals surface area contributed by atoms with Crippen molar-refractivity contribution in [2.24, 2.45) is 0 Å². The van der Waals surface area contributed by atoms with E-state index in [1.165, 1.54) is 11.1 Å². The molecule has 124 valence electrons. The fourth-order valence-electron chi connectivity index (χ4n) is 3.01. The quantitative estimate of drug-likeness (QED) is 0.817. The number of aromatic nitrogens is 1. The minimum absolute atomic E-state index is 0.260. The third-order valence-electron chi connectivity index (χ3n) is 4.41. The van der Waals surface area contributed by atoms with Gasteiger partial charge < -0.3 is 9.64 Å². The minimum Gasteiger partial charge on any atom is -0.376 e. The van der Waals surface area contributed by atoms with E-state index >= 15 is 0 Å². The summed E-state index contributed by atoms with van der Waals surface area (Å²) in [4.78, 5) is 6.72. The van der Waals surface area contributed by atoms with Gasteiger partial charge in [-0.2, -0.15) is 5.26 Å². The molecular weight excluding hydrogens is 298 g/mol. The molecule has 2 heterocycles. The third-order valence-corrected chi connectivity index (χ3v) is 4.41. The van der Waals surface area contributed by atoms with Crippen LogP contribution in [0.3, 0.4) is 0 Å². The zero-order valence-corrected chi connectivity index (χ0v) is 14.1. The zero-order valence-electron chi connectivity index (χ0n) is 14.1. The highest BCUT2D eigenvalue weighted by Gasteiger charge is 2.20. The smallest absolute Gasteiger partial charge is 0.142 e. The first-order valence-corrected chi connectivity index (χ1v) is 8.54. The SMILES string of the molecule is Cc1ccc(CCN(CC2CCCO2)c2cccc(C#N)n2)cc1. The molecule has 1 aliphatic rings. The lowest BCUT2D eigenvalue weighted by Crippen LogP contribution is -2.34. The molecule has 2 aromatic rings. The lowest BCUT2D eigenvalue weighted by Gasteiger charge is -2.26. The highest BCUT2D eigenvalue weighted by atomic mass is 16.5. The van der Waals surface area contributed by atoms with Gasteiger partial charge in [0.25, 0.3) is 0 Å². The lowest BCUT2D eigenvalue weighted by molar-refractivity contribution is 0.115. The van der Waals surface area contributed by atoms with Gasteiger partial charge in [0, 0.05) is 19.7 Å². The van der Waals surface area contributed by atoms with Crippen molar-refractivity contribution in [1.82, 2.24) is 4.98 Å². The number of pyridine rings is 1. The van der Waals surface area contributed by atoms with Crippen LogP contribution in [-0.4, -0.2) is 30.8 Å². The maximum Gasteiger partial charge on any atom is 0.142 e. The van der Waals surface area contributed by atoms with E-state index in [1.807, 2.05) is 12.1 Å². The summed E-state index contributed by atoms with van der Waals surface area (Å²) < 4.78 is 5.79. The second-order valence-corrected chi connectivity index (χ2v) is 6.31. The van der Waals surface area contributed by atoms with Crippen molar-refractivity contribution in [2.75, 3.05) is 24.6 Å². The number of nitrogens with zero attached hydrogens (tertiary/aromatic N) is 3. The van der Waals surface area contributed by atoms with E-state index in [-0.39, 0.29) is 6.10 Å². The van der Waals surface area contributed by atoms with Crippen LogP contribution in [0.15, 0.2) is 42.5 Å². The van der Waals surface area contributed by atoms with Gasteiger partial charge in [0.05, 0.1) is 6.10 Å². The molecule has 1 aromatic heterocycles. The molecule has 1 saturated heterocycles. The molecule has 0 saturated carbocycles. The predicted octanol–water partition coefficient (Wildman–Crippen LogP) is 3.49. The fraction of sp³-hybridized carbons (Fsp3) is 0.400. The minimum atomic E-state index is 0.260. The van der Waals surface area contributed by atoms with Gasteiger partial charge in [0.2, 0.25) is 0 Å². The second-order valence-electron chi connectivity index (χ2n) is 6.31. The van der Waals surface area contributed by atoms with Crippen molar-refractivity contribution in [2.45, 2.75) is 32.3 Å². The topological polar surface area (TPSA) is 49.1 Å². The number of anilines is 1. The first-order chi connectivity index (χ1) is 11.7. The predicted molar refractivity (Wildman–Crippen MR) is 95.0 cm³/mol. The van der Waals surface area contributed by atoms with Gasteiger partial charge in [-0.3, -0.25) is 0 Å². The Morgan fingerprint density at radius 3 is 2.79 bits per heavy atom. The summed E-state index contributed by atoms with van der Waals surface area (Å²) in [6, 6.07) is 16.4. The standard InChI is InChI=1S/C20H23N3O/c1-16-7-9-17(10-8-16)11-12-23(15-19-5-3-13-24-19)20-6-2-4-18(14-21)22-20/h2,4,6-10,19H,3,5,11-13,15H2,1H3. The molecule has 1 unspecified atom stereocenters. The van der Waals surface area contributed by atoms with E-state index in [0.29, 0.717) is 5.69 Å². The monoisotopic (exact) mass is 321 g/mol. The molecule has 0 bridgehead atoms. The Bertz CT molecular complexity index is 700. The lowest BCUT2D eigenvalue weighted by atomic mass is 10.1. The van der Waals surface area contributed by atoms with Gasteiger partial charge in [-0.25, -0.2) is 4.98 Å². The van der Waals surface area contributed by atoms with E-state index in [9.17, 15) is 0 Å². The summed E-state index contributed by atoms with van der Waals surface area (Å²) in [6.07, 6.45) is 3.43. The number of benzene rings is 1. The molecule has 1 fully saturated rings. The van der Waals surface area contributed by atoms with E-state index in [0.717, 1.165) is 44.8 Å². The van der Waals surface area contributed by atoms with Crippen molar-refractivity contribution in [3.05, 3.63) is 59.3 Å². The molecule has 0 aliphatic carbocycles. The highest BCUT2D eigenvalue weighted by molar-refractivity contribution is 5.42. The number of rotatable bonds is 6. The Hall–Kier alpha value is -2.38. The van der Waals surface area contributed by atoms with Crippen LogP contribution >= 0.6 is 0 Å². The molecule has 1 atom stereocenters. The van der Waals surface area contributed by atoms with Gasteiger partial charge in [-0.1, -0.05) is 35.9 Å². The van der Waals surface area contributed by atoms with Gasteiger partial charge in [0.1, 0.15) is 17.6 Å². The van der Waals surface area contributed by atoms with Crippen molar-refractivity contribution in [3.8, 4) is 6.07 Å². The van der Waals surface area contributed by atoms with Gasteiger partial charge in [-0.15, -0.1) is 0 Å². The van der Waals surface area contributed by atoms with E-state index in [2.05, 4.69) is 47.1 Å². The summed E-state index contributed by atoms with van der Waals surface area (Å²) >= 11 is 0. The normalized spacial score (nSPS) is 16.8. The summed E-state index contributed by atoms with van der Waals surface area (Å²) in [5.41, 5.74) is 3.05. The molecule has 4 nitrogen and oxygen atoms in total. The van der Waals surface area contributed by atoms with Crippen molar-refractivity contribution in [3.63, 3.8) is 0 Å². The molecule has 0 spiro atoms. The number of hydrogen-bond acceptors (Lipinski definition) is 4. The molecule has 4 heteroatoms. The number of hydrogen-bond donors (Lipinski definition) is 0. The van der Waals surface area contributed by atoms with Crippen LogP contribution in [0.5, 0.6) is 0 Å². The molecule has 0 radical (unpaired) electrons. The molecule has 1 aromatic carbocycles. The van der Waals surface area contributed by atoms with Crippen LogP contribution in [0.1, 0.15) is 29.7 Å². The average Bonchev–Trinajstić information content (AvgIpc) is 3.13. The Morgan fingerprint density at radius 1 is 1.25 bits per heavy atom. The first-order valence-electron chi connectivity index (χ1n) is 8.54. The van der Waals surface area contributed by atoms with Crippen molar-refractivity contribution >= 4 is 5.82 Å². The Kier molecular flexibility index (Phi) is 5.45. The molecule has 3 rings (SSSR count). The van der Waals surface area contributed by atoms with Gasteiger partial charge in [0.15, 0.2) is 0 Å². The van der Waals surface area contributed by atoms with Crippen LogP contribution in [0, 0.1) is 18.3 Å². The number of aryl methyl sites for hydroxylation is 1. The molecular formula is C20H23N3O. The van der Waals surface area contributed by atoms with Crippen LogP contribution in [0.25, 0.3) is 0 Å². The highest BCUT2D eigenvalue weighted by Crippen LogP contribution is 2.19. The molecule has 1 aliphatic heterocycles. The van der Waals surface area contributed by atoms with Gasteiger partial charge >= 0.3 is 0 Å². The molecule has 24 heavy (non-hydrogen) atoms. The number of ether oxygens (including phenoxy) is 1. The fourth-order valence-corrected chi connectivity index (χ4v) is 3.01. The largest absolute Gasteiger partial charge is 0.376 e. The van der Waals surface area contributed by atoms with E-state index < -0.39 is 0 Å². The Morgan fingerprint density at radius 2 is 2.08 bits per heavy atom. The summed E-state index contributed by atoms with van der Waals surface area (Å²) in [5, 5.41) is 9.11. The van der Waals surface area contributed by atoms with E-state index in [1.54, 1.807) is 6.07 Å². The Labute approximate surface area is 143 Å². The summed E-state index contributed by atoms with van der Waals surface area (Å²) in [7, 11) is 0. The third kappa shape index (κ3) is 4.33. The van der Waals surface area contributed by atoms with Crippen LogP contribution in [0.4, 0.5) is 5.82 Å². The van der Waals surface area contributed by atoms with Crippen LogP contribution in [-0.2, 0) is 11.2 Å². The zero-order chi connectivity index (χ0) is 16.8. The summed E-state index contributed by atoms with van der Waals surface area (Å²) in [5.74, 6) is 0.858. The molecule has 0 N–H and O–H groups in total. The summed E-state index contributed by atoms with van der Waals surface area (Å²) in [6.45, 7) is 4.64. The van der Waals surface area contributed by atoms with E-state index in [4.69, 9.17) is 10.00 Å². The van der Waals surface area contributed by atoms with Gasteiger partial charge in [-0.05, 0) is 43.9 Å². The number of nitriles is 1. The van der Waals surface area contributed by atoms with Crippen molar-refractivity contribution in [1.29, 1.82) is 5.26 Å². The second kappa shape index (κ2) is 7.94. The van der Waals surface area contributed by atoms with Crippen molar-refractivity contribution < 1.29 is 4.74 Å². The maximum atomic E-state index is 9.11. The van der Waals surface area contributed by atoms with Crippen LogP contribution < -0.4 is 4.90 Å². The van der Waals surface area contributed by atoms with Crippen LogP contribution in [0.2, 0.25) is 0 Å². The average molecular weight is 321 g/mol. The Balaban J connectivity index is 1.73. The first kappa shape index (κ1) is 16.5. The molecule has 0 amide bonds. The maximum absolute atomic E-state index is 9.11.